The standard InChI is InChI=1S/C24H23NO4/c1-16-13-14-21(28-3)20(15-16)25-23(26)22(18-10-5-4-6-11-18)29-24(27)19-12-8-7-9-17(19)2/h4-15,22H,1-3H3,(H,25,26)/t22-/m1/s1. The van der Waals surface area contributed by atoms with Crippen molar-refractivity contribution in [1.82, 2.24) is 0 Å². The molecule has 0 aliphatic carbocycles. The van der Waals surface area contributed by atoms with Crippen LogP contribution in [-0.4, -0.2) is 19.0 Å². The molecule has 5 nitrogen and oxygen atoms in total. The van der Waals surface area contributed by atoms with Gasteiger partial charge in [0.05, 0.1) is 18.4 Å². The lowest BCUT2D eigenvalue weighted by molar-refractivity contribution is -0.125. The third-order valence-corrected chi connectivity index (χ3v) is 4.54. The maximum atomic E-state index is 13.1. The molecule has 5 heteroatoms. The van der Waals surface area contributed by atoms with Gasteiger partial charge in [0, 0.05) is 5.56 Å². The largest absolute Gasteiger partial charge is 0.495 e. The highest BCUT2D eigenvalue weighted by Gasteiger charge is 2.27. The smallest absolute Gasteiger partial charge is 0.339 e. The molecule has 0 unspecified atom stereocenters. The van der Waals surface area contributed by atoms with Gasteiger partial charge in [0.25, 0.3) is 5.91 Å². The molecular formula is C24H23NO4. The van der Waals surface area contributed by atoms with Crippen molar-refractivity contribution >= 4 is 17.6 Å². The molecule has 0 saturated heterocycles. The van der Waals surface area contributed by atoms with E-state index in [4.69, 9.17) is 9.47 Å². The number of hydrogen-bond acceptors (Lipinski definition) is 4. The molecule has 0 aliphatic rings. The van der Waals surface area contributed by atoms with Gasteiger partial charge in [0.1, 0.15) is 5.75 Å². The van der Waals surface area contributed by atoms with Crippen molar-refractivity contribution in [3.63, 3.8) is 0 Å². The number of carbonyl (C=O) groups excluding carboxylic acids is 2. The fraction of sp³-hybridized carbons (Fsp3) is 0.167. The van der Waals surface area contributed by atoms with E-state index >= 15 is 0 Å². The molecule has 1 N–H and O–H groups in total. The van der Waals surface area contributed by atoms with Gasteiger partial charge in [-0.3, -0.25) is 4.79 Å². The predicted octanol–water partition coefficient (Wildman–Crippen LogP) is 4.85. The zero-order chi connectivity index (χ0) is 20.8. The summed E-state index contributed by atoms with van der Waals surface area (Å²) in [5.41, 5.74) is 3.28. The van der Waals surface area contributed by atoms with E-state index in [9.17, 15) is 9.59 Å². The fourth-order valence-electron chi connectivity index (χ4n) is 2.99. The fourth-order valence-corrected chi connectivity index (χ4v) is 2.99. The van der Waals surface area contributed by atoms with Crippen molar-refractivity contribution in [3.05, 3.63) is 95.1 Å². The minimum Gasteiger partial charge on any atom is -0.495 e. The second-order valence-corrected chi connectivity index (χ2v) is 6.70. The summed E-state index contributed by atoms with van der Waals surface area (Å²) in [5, 5.41) is 2.83. The molecule has 0 aromatic heterocycles. The first-order chi connectivity index (χ1) is 14.0. The van der Waals surface area contributed by atoms with Crippen LogP contribution in [-0.2, 0) is 9.53 Å². The lowest BCUT2D eigenvalue weighted by atomic mass is 10.1. The van der Waals surface area contributed by atoms with Crippen molar-refractivity contribution in [1.29, 1.82) is 0 Å². The van der Waals surface area contributed by atoms with Crippen molar-refractivity contribution in [2.75, 3.05) is 12.4 Å². The Labute approximate surface area is 170 Å². The third-order valence-electron chi connectivity index (χ3n) is 4.54. The second kappa shape index (κ2) is 9.06. The first-order valence-electron chi connectivity index (χ1n) is 9.26. The molecule has 1 amide bonds. The monoisotopic (exact) mass is 389 g/mol. The van der Waals surface area contributed by atoms with E-state index in [2.05, 4.69) is 5.32 Å². The summed E-state index contributed by atoms with van der Waals surface area (Å²) in [6, 6.07) is 21.5. The Kier molecular flexibility index (Phi) is 6.29. The average molecular weight is 389 g/mol. The van der Waals surface area contributed by atoms with Crippen molar-refractivity contribution in [2.24, 2.45) is 0 Å². The van der Waals surface area contributed by atoms with E-state index in [1.54, 1.807) is 42.5 Å². The number of amides is 1. The summed E-state index contributed by atoms with van der Waals surface area (Å²) in [6.07, 6.45) is -1.10. The van der Waals surface area contributed by atoms with Crippen LogP contribution < -0.4 is 10.1 Å². The first kappa shape index (κ1) is 20.1. The first-order valence-corrected chi connectivity index (χ1v) is 9.26. The van der Waals surface area contributed by atoms with Gasteiger partial charge in [-0.1, -0.05) is 54.6 Å². The third kappa shape index (κ3) is 4.82. The minimum atomic E-state index is -1.10. The summed E-state index contributed by atoms with van der Waals surface area (Å²) in [6.45, 7) is 3.74. The number of ether oxygens (including phenoxy) is 2. The summed E-state index contributed by atoms with van der Waals surface area (Å²) in [7, 11) is 1.53. The lowest BCUT2D eigenvalue weighted by Gasteiger charge is -2.19. The number of methoxy groups -OCH3 is 1. The molecule has 1 atom stereocenters. The molecular weight excluding hydrogens is 366 g/mol. The highest BCUT2D eigenvalue weighted by molar-refractivity contribution is 5.99. The zero-order valence-electron chi connectivity index (χ0n) is 16.6. The molecule has 3 rings (SSSR count). The number of aryl methyl sites for hydroxylation is 2. The van der Waals surface area contributed by atoms with Gasteiger partial charge in [-0.25, -0.2) is 4.79 Å². The SMILES string of the molecule is COc1ccc(C)cc1NC(=O)[C@H](OC(=O)c1ccccc1C)c1ccccc1. The maximum absolute atomic E-state index is 13.1. The van der Waals surface area contributed by atoms with E-state index < -0.39 is 18.0 Å². The van der Waals surface area contributed by atoms with Gasteiger partial charge >= 0.3 is 5.97 Å². The van der Waals surface area contributed by atoms with Crippen LogP contribution in [0.4, 0.5) is 5.69 Å². The van der Waals surface area contributed by atoms with Crippen molar-refractivity contribution in [2.45, 2.75) is 20.0 Å². The van der Waals surface area contributed by atoms with Crippen molar-refractivity contribution < 1.29 is 19.1 Å². The Morgan fingerprint density at radius 2 is 1.59 bits per heavy atom. The van der Waals surface area contributed by atoms with Crippen molar-refractivity contribution in [3.8, 4) is 5.75 Å². The lowest BCUT2D eigenvalue weighted by Crippen LogP contribution is -2.26. The van der Waals surface area contributed by atoms with Crippen LogP contribution in [0, 0.1) is 13.8 Å². The van der Waals surface area contributed by atoms with Crippen LogP contribution in [0.1, 0.15) is 33.2 Å². The number of hydrogen-bond donors (Lipinski definition) is 1. The number of anilines is 1. The number of carbonyl (C=O) groups is 2. The molecule has 0 spiro atoms. The predicted molar refractivity (Wildman–Crippen MR) is 112 cm³/mol. The van der Waals surface area contributed by atoms with E-state index in [0.717, 1.165) is 11.1 Å². The van der Waals surface area contributed by atoms with Gasteiger partial charge in [0.15, 0.2) is 0 Å². The van der Waals surface area contributed by atoms with E-state index in [1.807, 2.05) is 44.2 Å². The quantitative estimate of drug-likeness (QED) is 0.612. The summed E-state index contributed by atoms with van der Waals surface area (Å²) in [4.78, 5) is 25.9. The molecule has 0 radical (unpaired) electrons. The molecule has 29 heavy (non-hydrogen) atoms. The second-order valence-electron chi connectivity index (χ2n) is 6.70. The Morgan fingerprint density at radius 3 is 2.28 bits per heavy atom. The summed E-state index contributed by atoms with van der Waals surface area (Å²) in [5.74, 6) is -0.480. The molecule has 3 aromatic carbocycles. The molecule has 0 heterocycles. The zero-order valence-corrected chi connectivity index (χ0v) is 16.6. The Hall–Kier alpha value is -3.60. The van der Waals surface area contributed by atoms with Crippen LogP contribution in [0.5, 0.6) is 5.75 Å². The maximum Gasteiger partial charge on any atom is 0.339 e. The Morgan fingerprint density at radius 1 is 0.897 bits per heavy atom. The van der Waals surface area contributed by atoms with Crippen LogP contribution in [0.2, 0.25) is 0 Å². The minimum absolute atomic E-state index is 0.425. The molecule has 148 valence electrons. The summed E-state index contributed by atoms with van der Waals surface area (Å²) < 4.78 is 11.0. The molecule has 0 aliphatic heterocycles. The van der Waals surface area contributed by atoms with Gasteiger partial charge in [-0.2, -0.15) is 0 Å². The molecule has 0 saturated carbocycles. The summed E-state index contributed by atoms with van der Waals surface area (Å²) >= 11 is 0. The number of esters is 1. The van der Waals surface area contributed by atoms with Crippen LogP contribution in [0.15, 0.2) is 72.8 Å². The van der Waals surface area contributed by atoms with Crippen LogP contribution >= 0.6 is 0 Å². The van der Waals surface area contributed by atoms with E-state index in [-0.39, 0.29) is 0 Å². The van der Waals surface area contributed by atoms with E-state index in [1.165, 1.54) is 7.11 Å². The highest BCUT2D eigenvalue weighted by Crippen LogP contribution is 2.28. The number of rotatable bonds is 6. The van der Waals surface area contributed by atoms with Gasteiger partial charge in [0.2, 0.25) is 6.10 Å². The normalized spacial score (nSPS) is 11.4. The number of nitrogens with one attached hydrogen (secondary N) is 1. The van der Waals surface area contributed by atoms with Gasteiger partial charge < -0.3 is 14.8 Å². The molecule has 0 fully saturated rings. The molecule has 0 bridgehead atoms. The van der Waals surface area contributed by atoms with Crippen LogP contribution in [0.3, 0.4) is 0 Å². The van der Waals surface area contributed by atoms with Gasteiger partial charge in [-0.05, 0) is 43.2 Å². The Balaban J connectivity index is 1.90. The average Bonchev–Trinajstić information content (AvgIpc) is 2.73. The molecule has 3 aromatic rings. The number of benzene rings is 3. The topological polar surface area (TPSA) is 64.6 Å². The van der Waals surface area contributed by atoms with Gasteiger partial charge in [-0.15, -0.1) is 0 Å². The highest BCUT2D eigenvalue weighted by atomic mass is 16.5. The Bertz CT molecular complexity index is 1010. The van der Waals surface area contributed by atoms with E-state index in [0.29, 0.717) is 22.6 Å². The van der Waals surface area contributed by atoms with Crippen LogP contribution in [0.25, 0.3) is 0 Å².